The number of aryl methyl sites for hydroxylation is 2. The van der Waals surface area contributed by atoms with E-state index in [9.17, 15) is 0 Å². The maximum Gasteiger partial charge on any atom is 0.162 e. The second-order valence-corrected chi connectivity index (χ2v) is 6.15. The van der Waals surface area contributed by atoms with Crippen LogP contribution >= 0.6 is 0 Å². The van der Waals surface area contributed by atoms with Gasteiger partial charge in [-0.15, -0.1) is 10.2 Å². The third-order valence-corrected chi connectivity index (χ3v) is 4.21. The van der Waals surface area contributed by atoms with E-state index in [0.29, 0.717) is 0 Å². The average Bonchev–Trinajstić information content (AvgIpc) is 2.96. The third-order valence-electron chi connectivity index (χ3n) is 4.21. The van der Waals surface area contributed by atoms with Gasteiger partial charge in [-0.25, -0.2) is 0 Å². The minimum atomic E-state index is -0.238. The van der Waals surface area contributed by atoms with Crippen LogP contribution in [-0.2, 0) is 12.0 Å². The molecule has 0 aliphatic carbocycles. The predicted octanol–water partition coefficient (Wildman–Crippen LogP) is 2.48. The minimum absolute atomic E-state index is 0.238. The summed E-state index contributed by atoms with van der Waals surface area (Å²) in [5.74, 6) is 2.90. The first-order valence-corrected chi connectivity index (χ1v) is 6.99. The molecule has 5 heteroatoms. The lowest BCUT2D eigenvalue weighted by Gasteiger charge is -2.35. The Morgan fingerprint density at radius 2 is 2.10 bits per heavy atom. The second kappa shape index (κ2) is 3.53. The van der Waals surface area contributed by atoms with Gasteiger partial charge < -0.3 is 10.1 Å². The lowest BCUT2D eigenvalue weighted by Crippen LogP contribution is -2.36. The van der Waals surface area contributed by atoms with E-state index in [1.165, 1.54) is 22.5 Å². The summed E-state index contributed by atoms with van der Waals surface area (Å²) >= 11 is 0. The molecule has 1 N–H and O–H groups in total. The Kier molecular flexibility index (Phi) is 2.08. The fraction of sp³-hybridized carbons (Fsp3) is 0.467. The van der Waals surface area contributed by atoms with Crippen molar-refractivity contribution in [1.29, 1.82) is 0 Å². The van der Waals surface area contributed by atoms with Crippen LogP contribution in [0.1, 0.15) is 36.6 Å². The van der Waals surface area contributed by atoms with Crippen LogP contribution in [0.3, 0.4) is 0 Å². The van der Waals surface area contributed by atoms with Crippen LogP contribution in [-0.4, -0.2) is 21.4 Å². The highest BCUT2D eigenvalue weighted by molar-refractivity contribution is 5.76. The summed E-state index contributed by atoms with van der Waals surface area (Å²) in [5, 5.41) is 12.3. The van der Waals surface area contributed by atoms with Gasteiger partial charge >= 0.3 is 0 Å². The molecule has 4 rings (SSSR count). The molecule has 3 heterocycles. The van der Waals surface area contributed by atoms with Gasteiger partial charge in [0, 0.05) is 12.0 Å². The van der Waals surface area contributed by atoms with E-state index in [4.69, 9.17) is 4.74 Å². The molecule has 0 amide bonds. The molecule has 104 valence electrons. The van der Waals surface area contributed by atoms with Crippen molar-refractivity contribution in [2.45, 2.75) is 39.7 Å². The smallest absolute Gasteiger partial charge is 0.162 e. The topological polar surface area (TPSA) is 52.0 Å². The van der Waals surface area contributed by atoms with Crippen molar-refractivity contribution >= 4 is 5.69 Å². The van der Waals surface area contributed by atoms with E-state index in [1.807, 2.05) is 6.92 Å². The molecule has 2 aromatic rings. The van der Waals surface area contributed by atoms with E-state index < -0.39 is 0 Å². The first-order valence-electron chi connectivity index (χ1n) is 6.99. The highest BCUT2D eigenvalue weighted by atomic mass is 16.5. The molecule has 1 aromatic heterocycles. The molecule has 0 spiro atoms. The fourth-order valence-corrected chi connectivity index (χ4v) is 3.28. The molecule has 5 nitrogen and oxygen atoms in total. The van der Waals surface area contributed by atoms with Gasteiger partial charge in [0.2, 0.25) is 0 Å². The number of nitrogens with one attached hydrogen (secondary N) is 1. The van der Waals surface area contributed by atoms with Crippen LogP contribution in [0.2, 0.25) is 0 Å². The summed E-state index contributed by atoms with van der Waals surface area (Å²) in [6.45, 7) is 9.16. The highest BCUT2D eigenvalue weighted by Crippen LogP contribution is 2.45. The van der Waals surface area contributed by atoms with Crippen LogP contribution in [0.25, 0.3) is 5.69 Å². The lowest BCUT2D eigenvalue weighted by atomic mass is 9.95. The van der Waals surface area contributed by atoms with Crippen LogP contribution in [0, 0.1) is 13.8 Å². The SMILES string of the molecule is Cc1cc2c(c3c1-n1c(C)nnc1C(C)(C)N3)CCO2. The van der Waals surface area contributed by atoms with Gasteiger partial charge in [-0.3, -0.25) is 4.57 Å². The summed E-state index contributed by atoms with van der Waals surface area (Å²) in [4.78, 5) is 0. The van der Waals surface area contributed by atoms with E-state index in [2.05, 4.69) is 46.9 Å². The molecule has 2 aliphatic heterocycles. The van der Waals surface area contributed by atoms with Gasteiger partial charge in [-0.2, -0.15) is 0 Å². The molecule has 20 heavy (non-hydrogen) atoms. The van der Waals surface area contributed by atoms with Crippen molar-refractivity contribution in [3.05, 3.63) is 28.8 Å². The number of benzene rings is 1. The van der Waals surface area contributed by atoms with E-state index >= 15 is 0 Å². The number of aromatic nitrogens is 3. The predicted molar refractivity (Wildman–Crippen MR) is 76.7 cm³/mol. The van der Waals surface area contributed by atoms with Crippen LogP contribution in [0.4, 0.5) is 5.69 Å². The molecule has 0 radical (unpaired) electrons. The van der Waals surface area contributed by atoms with E-state index in [0.717, 1.165) is 30.4 Å². The van der Waals surface area contributed by atoms with Crippen molar-refractivity contribution in [2.24, 2.45) is 0 Å². The zero-order chi connectivity index (χ0) is 14.1. The zero-order valence-corrected chi connectivity index (χ0v) is 12.2. The molecular weight excluding hydrogens is 252 g/mol. The van der Waals surface area contributed by atoms with Crippen LogP contribution < -0.4 is 10.1 Å². The summed E-state index contributed by atoms with van der Waals surface area (Å²) in [7, 11) is 0. The van der Waals surface area contributed by atoms with Crippen LogP contribution in [0.15, 0.2) is 6.07 Å². The van der Waals surface area contributed by atoms with Gasteiger partial charge in [-0.05, 0) is 39.3 Å². The fourth-order valence-electron chi connectivity index (χ4n) is 3.28. The van der Waals surface area contributed by atoms with Gasteiger partial charge in [0.05, 0.1) is 23.5 Å². The first-order chi connectivity index (χ1) is 9.49. The largest absolute Gasteiger partial charge is 0.493 e. The summed E-state index contributed by atoms with van der Waals surface area (Å²) < 4.78 is 7.91. The maximum absolute atomic E-state index is 5.73. The number of hydrogen-bond acceptors (Lipinski definition) is 4. The number of fused-ring (bicyclic) bond motifs is 5. The zero-order valence-electron chi connectivity index (χ0n) is 12.2. The Bertz CT molecular complexity index is 730. The van der Waals surface area contributed by atoms with Crippen molar-refractivity contribution < 1.29 is 4.74 Å². The van der Waals surface area contributed by atoms with Crippen LogP contribution in [0.5, 0.6) is 5.75 Å². The Labute approximate surface area is 118 Å². The monoisotopic (exact) mass is 270 g/mol. The molecular formula is C15H18N4O. The van der Waals surface area contributed by atoms with Crippen molar-refractivity contribution in [1.82, 2.24) is 14.8 Å². The molecule has 0 saturated heterocycles. The number of anilines is 1. The Morgan fingerprint density at radius 3 is 2.90 bits per heavy atom. The number of rotatable bonds is 0. The number of ether oxygens (including phenoxy) is 1. The van der Waals surface area contributed by atoms with E-state index in [1.54, 1.807) is 0 Å². The molecule has 0 unspecified atom stereocenters. The number of nitrogens with zero attached hydrogens (tertiary/aromatic N) is 3. The molecule has 0 fully saturated rings. The van der Waals surface area contributed by atoms with Gasteiger partial charge in [0.25, 0.3) is 0 Å². The van der Waals surface area contributed by atoms with Gasteiger partial charge in [0.1, 0.15) is 11.6 Å². The second-order valence-electron chi connectivity index (χ2n) is 6.15. The van der Waals surface area contributed by atoms with Crippen molar-refractivity contribution in [3.8, 4) is 11.4 Å². The Hall–Kier alpha value is -2.04. The first kappa shape index (κ1) is 11.8. The number of hydrogen-bond donors (Lipinski definition) is 1. The van der Waals surface area contributed by atoms with Gasteiger partial charge in [0.15, 0.2) is 5.82 Å². The Balaban J connectivity index is 2.11. The molecule has 0 saturated carbocycles. The van der Waals surface area contributed by atoms with Gasteiger partial charge in [-0.1, -0.05) is 0 Å². The summed E-state index contributed by atoms with van der Waals surface area (Å²) in [5.41, 5.74) is 4.58. The highest BCUT2D eigenvalue weighted by Gasteiger charge is 2.37. The average molecular weight is 270 g/mol. The Morgan fingerprint density at radius 1 is 1.30 bits per heavy atom. The van der Waals surface area contributed by atoms with Crippen molar-refractivity contribution in [3.63, 3.8) is 0 Å². The normalized spacial score (nSPS) is 17.8. The standard InChI is InChI=1S/C15H18N4O/c1-8-7-11-10(5-6-20-11)12-13(8)19-9(2)17-18-14(19)15(3,4)16-12/h7,16H,5-6H2,1-4H3. The molecule has 1 aromatic carbocycles. The maximum atomic E-state index is 5.73. The summed E-state index contributed by atoms with van der Waals surface area (Å²) in [6.07, 6.45) is 0.956. The van der Waals surface area contributed by atoms with E-state index in [-0.39, 0.29) is 5.54 Å². The third kappa shape index (κ3) is 1.32. The minimum Gasteiger partial charge on any atom is -0.493 e. The molecule has 0 atom stereocenters. The summed E-state index contributed by atoms with van der Waals surface area (Å²) in [6, 6.07) is 2.13. The lowest BCUT2D eigenvalue weighted by molar-refractivity contribution is 0.356. The van der Waals surface area contributed by atoms with Crippen molar-refractivity contribution in [2.75, 3.05) is 11.9 Å². The quantitative estimate of drug-likeness (QED) is 0.799. The molecule has 0 bridgehead atoms. The molecule has 2 aliphatic rings.